The summed E-state index contributed by atoms with van der Waals surface area (Å²) in [6, 6.07) is 0.332. The van der Waals surface area contributed by atoms with Crippen LogP contribution >= 0.6 is 11.8 Å². The molecule has 0 heterocycles. The predicted octanol–water partition coefficient (Wildman–Crippen LogP) is 4.71. The molecule has 0 radical (unpaired) electrons. The van der Waals surface area contributed by atoms with Crippen molar-refractivity contribution in [1.29, 1.82) is 0 Å². The van der Waals surface area contributed by atoms with Gasteiger partial charge >= 0.3 is 24.2 Å². The number of aliphatic hydroxyl groups is 1. The summed E-state index contributed by atoms with van der Waals surface area (Å²) in [5, 5.41) is 18.2. The molecule has 2 nitrogen and oxygen atoms in total. The minimum Gasteiger partial charge on any atom is -0.508 e. The van der Waals surface area contributed by atoms with Crippen molar-refractivity contribution < 1.29 is 58.5 Å². The number of phenolic OH excluding ortho intramolecular Hbond substituents is 1. The molecule has 1 rings (SSSR count). The van der Waals surface area contributed by atoms with E-state index >= 15 is 0 Å². The lowest BCUT2D eigenvalue weighted by Crippen LogP contribution is -2.68. The Bertz CT molecular complexity index is 592. The summed E-state index contributed by atoms with van der Waals surface area (Å²) in [5.41, 5.74) is 0. The number of hydrogen-bond donors (Lipinski definition) is 2. The number of aromatic hydroxyl groups is 1. The molecule has 2 N–H and O–H groups in total. The minimum absolute atomic E-state index is 0.0335. The minimum atomic E-state index is -7.02. The van der Waals surface area contributed by atoms with Crippen LogP contribution in [0.3, 0.4) is 0 Å². The van der Waals surface area contributed by atoms with Crippen molar-refractivity contribution in [3.63, 3.8) is 0 Å². The Morgan fingerprint density at radius 2 is 1.12 bits per heavy atom. The van der Waals surface area contributed by atoms with Gasteiger partial charge in [0.1, 0.15) is 11.6 Å². The van der Waals surface area contributed by atoms with Crippen molar-refractivity contribution in [3.05, 3.63) is 24.0 Å². The number of benzene rings is 1. The van der Waals surface area contributed by atoms with Gasteiger partial charge in [0.2, 0.25) is 0 Å². The fourth-order valence-corrected chi connectivity index (χ4v) is 2.67. The highest BCUT2D eigenvalue weighted by Crippen LogP contribution is 2.60. The molecule has 0 bridgehead atoms. The van der Waals surface area contributed by atoms with E-state index in [0.29, 0.717) is 0 Å². The molecule has 144 valence electrons. The summed E-state index contributed by atoms with van der Waals surface area (Å²) in [4.78, 5) is -7.57. The van der Waals surface area contributed by atoms with Crippen LogP contribution in [0, 0.1) is 5.82 Å². The van der Waals surface area contributed by atoms with Gasteiger partial charge in [-0.1, -0.05) is 11.8 Å². The zero-order valence-corrected chi connectivity index (χ0v) is 12.0. The Morgan fingerprint density at radius 3 is 1.44 bits per heavy atom. The molecule has 14 heteroatoms. The molecule has 25 heavy (non-hydrogen) atoms. The molecule has 0 saturated carbocycles. The molecule has 0 saturated heterocycles. The molecular weight excluding hydrogens is 405 g/mol. The number of thioether (sulfide) groups is 1. The summed E-state index contributed by atoms with van der Waals surface area (Å²) < 4.78 is 141. The maximum atomic E-state index is 13.4. The topological polar surface area (TPSA) is 40.5 Å². The number of halogens is 11. The smallest absolute Gasteiger partial charge is 0.457 e. The lowest BCUT2D eigenvalue weighted by Gasteiger charge is -2.41. The van der Waals surface area contributed by atoms with E-state index in [2.05, 4.69) is 0 Å². The third-order valence-electron chi connectivity index (χ3n) is 2.68. The summed E-state index contributed by atoms with van der Waals surface area (Å²) in [6.07, 6.45) is -14.0. The van der Waals surface area contributed by atoms with Crippen LogP contribution in [0.5, 0.6) is 5.75 Å². The van der Waals surface area contributed by atoms with Crippen LogP contribution in [-0.2, 0) is 0 Å². The normalized spacial score (nSPS) is 14.7. The third-order valence-corrected chi connectivity index (χ3v) is 3.96. The second kappa shape index (κ2) is 6.07. The van der Waals surface area contributed by atoms with E-state index in [9.17, 15) is 53.4 Å². The quantitative estimate of drug-likeness (QED) is 0.429. The molecule has 0 amide bonds. The van der Waals surface area contributed by atoms with Crippen LogP contribution in [0.25, 0.3) is 0 Å². The first-order valence-corrected chi connectivity index (χ1v) is 6.48. The Hall–Kier alpha value is -1.44. The van der Waals surface area contributed by atoms with Gasteiger partial charge in [0.25, 0.3) is 4.93 Å². The largest absolute Gasteiger partial charge is 0.508 e. The summed E-state index contributed by atoms with van der Waals surface area (Å²) in [5.74, 6) is -16.7. The van der Waals surface area contributed by atoms with E-state index in [1.54, 1.807) is 0 Å². The lowest BCUT2D eigenvalue weighted by molar-refractivity contribution is -0.396. The average Bonchev–Trinajstić information content (AvgIpc) is 2.33. The first kappa shape index (κ1) is 21.6. The van der Waals surface area contributed by atoms with Crippen LogP contribution in [0.1, 0.15) is 0 Å². The maximum Gasteiger partial charge on any atom is 0.457 e. The molecule has 0 aromatic heterocycles. The average molecular weight is 410 g/mol. The molecule has 0 atom stereocenters. The fourth-order valence-electron chi connectivity index (χ4n) is 1.49. The van der Waals surface area contributed by atoms with Gasteiger partial charge in [-0.15, -0.1) is 0 Å². The van der Waals surface area contributed by atoms with Crippen LogP contribution in [0.2, 0.25) is 0 Å². The summed E-state index contributed by atoms with van der Waals surface area (Å²) >= 11 is -1.70. The van der Waals surface area contributed by atoms with Gasteiger partial charge in [0, 0.05) is 11.0 Å². The molecule has 0 aliphatic heterocycles. The van der Waals surface area contributed by atoms with Crippen molar-refractivity contribution in [2.75, 3.05) is 0 Å². The summed E-state index contributed by atoms with van der Waals surface area (Å²) in [7, 11) is 0. The number of phenols is 1. The first-order chi connectivity index (χ1) is 10.9. The summed E-state index contributed by atoms with van der Waals surface area (Å²) in [6.45, 7) is 0. The highest BCUT2D eigenvalue weighted by molar-refractivity contribution is 8.00. The second-order valence-electron chi connectivity index (χ2n) is 4.54. The first-order valence-electron chi connectivity index (χ1n) is 5.67. The van der Waals surface area contributed by atoms with Gasteiger partial charge in [0.05, 0.1) is 0 Å². The molecular formula is C11H5F11O2S. The van der Waals surface area contributed by atoms with Crippen LogP contribution < -0.4 is 0 Å². The maximum absolute atomic E-state index is 13.4. The highest BCUT2D eigenvalue weighted by atomic mass is 32.2. The van der Waals surface area contributed by atoms with E-state index in [0.717, 1.165) is 0 Å². The van der Waals surface area contributed by atoms with Crippen molar-refractivity contribution >= 4 is 11.8 Å². The SMILES string of the molecule is Oc1cc(F)cc(SC(O)(C(F)(F)C(F)(F)F)C(F)(F)C(F)(F)F)c1. The van der Waals surface area contributed by atoms with Gasteiger partial charge in [-0.3, -0.25) is 0 Å². The molecule has 0 fully saturated rings. The zero-order valence-electron chi connectivity index (χ0n) is 11.2. The molecule has 0 aliphatic rings. The standard InChI is InChI=1S/C11H5F11O2S/c12-4-1-5(23)3-6(2-4)25-9(24,7(13,14)10(17,18)19)8(15,16)11(20,21)22/h1-3,23-24H. The molecule has 0 spiro atoms. The highest BCUT2D eigenvalue weighted by Gasteiger charge is 2.85. The monoisotopic (exact) mass is 410 g/mol. The number of alkyl halides is 10. The lowest BCUT2D eigenvalue weighted by atomic mass is 10.0. The van der Waals surface area contributed by atoms with Gasteiger partial charge in [-0.2, -0.15) is 43.9 Å². The van der Waals surface area contributed by atoms with E-state index < -0.39 is 57.4 Å². The molecule has 0 aliphatic carbocycles. The van der Waals surface area contributed by atoms with E-state index in [-0.39, 0.29) is 18.2 Å². The van der Waals surface area contributed by atoms with Crippen molar-refractivity contribution in [2.24, 2.45) is 0 Å². The Labute approximate surface area is 135 Å². The van der Waals surface area contributed by atoms with Crippen LogP contribution in [0.15, 0.2) is 23.1 Å². The van der Waals surface area contributed by atoms with E-state index in [1.165, 1.54) is 0 Å². The van der Waals surface area contributed by atoms with Gasteiger partial charge in [-0.25, -0.2) is 4.39 Å². The Morgan fingerprint density at radius 1 is 0.720 bits per heavy atom. The van der Waals surface area contributed by atoms with E-state index in [1.807, 2.05) is 0 Å². The second-order valence-corrected chi connectivity index (χ2v) is 5.80. The third kappa shape index (κ3) is 3.59. The van der Waals surface area contributed by atoms with Crippen LogP contribution in [0.4, 0.5) is 48.3 Å². The van der Waals surface area contributed by atoms with E-state index in [4.69, 9.17) is 5.11 Å². The van der Waals surface area contributed by atoms with Gasteiger partial charge < -0.3 is 10.2 Å². The molecule has 1 aromatic rings. The van der Waals surface area contributed by atoms with Gasteiger partial charge in [0.15, 0.2) is 0 Å². The fraction of sp³-hybridized carbons (Fsp3) is 0.455. The zero-order chi connectivity index (χ0) is 20.1. The van der Waals surface area contributed by atoms with Crippen molar-refractivity contribution in [3.8, 4) is 5.75 Å². The van der Waals surface area contributed by atoms with Crippen molar-refractivity contribution in [2.45, 2.75) is 34.0 Å². The molecule has 1 aromatic carbocycles. The predicted molar refractivity (Wildman–Crippen MR) is 60.9 cm³/mol. The van der Waals surface area contributed by atoms with Gasteiger partial charge in [-0.05, 0) is 12.1 Å². The molecule has 0 unspecified atom stereocenters. The number of rotatable bonds is 4. The Kier molecular flexibility index (Phi) is 5.25. The number of hydrogen-bond acceptors (Lipinski definition) is 3. The van der Waals surface area contributed by atoms with Crippen LogP contribution in [-0.4, -0.2) is 39.3 Å². The van der Waals surface area contributed by atoms with Crippen molar-refractivity contribution in [1.82, 2.24) is 0 Å². The Balaban J connectivity index is 3.64.